The molecule has 0 rings (SSSR count). The fraction of sp³-hybridized carbons (Fsp3) is 0.812. The lowest BCUT2D eigenvalue weighted by Crippen LogP contribution is -1.97. The van der Waals surface area contributed by atoms with Gasteiger partial charge in [0.2, 0.25) is 0 Å². The molecule has 112 valence electrons. The molecule has 0 aliphatic rings. The first-order valence-corrected chi connectivity index (χ1v) is 7.52. The summed E-state index contributed by atoms with van der Waals surface area (Å²) in [6.45, 7) is 0.899. The highest BCUT2D eigenvalue weighted by atomic mass is 16.5. The zero-order valence-electron chi connectivity index (χ0n) is 12.7. The lowest BCUT2D eigenvalue weighted by Gasteiger charge is -2.00. The van der Waals surface area contributed by atoms with Gasteiger partial charge in [0.25, 0.3) is 0 Å². The predicted molar refractivity (Wildman–Crippen MR) is 79.2 cm³/mol. The van der Waals surface area contributed by atoms with Crippen molar-refractivity contribution in [1.82, 2.24) is 0 Å². The summed E-state index contributed by atoms with van der Waals surface area (Å²) < 4.78 is 9.60. The molecule has 0 unspecified atom stereocenters. The van der Waals surface area contributed by atoms with Crippen LogP contribution in [-0.2, 0) is 14.3 Å². The molecule has 0 N–H and O–H groups in total. The fourth-order valence-electron chi connectivity index (χ4n) is 1.93. The maximum absolute atomic E-state index is 10.8. The van der Waals surface area contributed by atoms with Crippen molar-refractivity contribution >= 4 is 5.97 Å². The number of hydrogen-bond donors (Lipinski definition) is 0. The van der Waals surface area contributed by atoms with Gasteiger partial charge in [0.15, 0.2) is 0 Å². The second-order valence-corrected chi connectivity index (χ2v) is 4.84. The van der Waals surface area contributed by atoms with Gasteiger partial charge >= 0.3 is 5.97 Å². The third-order valence-electron chi connectivity index (χ3n) is 3.13. The Kier molecular flexibility index (Phi) is 14.6. The van der Waals surface area contributed by atoms with Gasteiger partial charge in [0.1, 0.15) is 0 Å². The van der Waals surface area contributed by atoms with E-state index in [9.17, 15) is 4.79 Å². The predicted octanol–water partition coefficient (Wildman–Crippen LogP) is 4.26. The van der Waals surface area contributed by atoms with E-state index in [1.165, 1.54) is 52.1 Å². The summed E-state index contributed by atoms with van der Waals surface area (Å²) in [5.74, 6) is -0.127. The zero-order valence-corrected chi connectivity index (χ0v) is 12.7. The van der Waals surface area contributed by atoms with E-state index in [0.717, 1.165) is 19.4 Å². The van der Waals surface area contributed by atoms with Crippen LogP contribution in [0.25, 0.3) is 0 Å². The average Bonchev–Trinajstić information content (AvgIpc) is 2.43. The monoisotopic (exact) mass is 270 g/mol. The van der Waals surface area contributed by atoms with E-state index in [1.54, 1.807) is 7.11 Å². The molecule has 3 heteroatoms. The van der Waals surface area contributed by atoms with Crippen molar-refractivity contribution in [3.8, 4) is 0 Å². The number of methoxy groups -OCH3 is 2. The van der Waals surface area contributed by atoms with Crippen LogP contribution in [0.3, 0.4) is 0 Å². The van der Waals surface area contributed by atoms with Crippen LogP contribution in [0.1, 0.15) is 64.2 Å². The number of rotatable bonds is 13. The number of esters is 1. The van der Waals surface area contributed by atoms with Gasteiger partial charge in [-0.25, -0.2) is 0 Å². The highest BCUT2D eigenvalue weighted by molar-refractivity contribution is 5.69. The van der Waals surface area contributed by atoms with Gasteiger partial charge < -0.3 is 9.47 Å². The van der Waals surface area contributed by atoms with Gasteiger partial charge in [-0.3, -0.25) is 4.79 Å². The van der Waals surface area contributed by atoms with Crippen molar-refractivity contribution < 1.29 is 14.3 Å². The maximum atomic E-state index is 10.8. The summed E-state index contributed by atoms with van der Waals surface area (Å²) in [5, 5.41) is 0. The van der Waals surface area contributed by atoms with Crippen LogP contribution in [0, 0.1) is 0 Å². The molecule has 0 aromatic carbocycles. The second-order valence-electron chi connectivity index (χ2n) is 4.84. The molecule has 0 fully saturated rings. The Morgan fingerprint density at radius 2 is 1.42 bits per heavy atom. The Morgan fingerprint density at radius 3 is 2.05 bits per heavy atom. The Balaban J connectivity index is 3.09. The number of hydrogen-bond acceptors (Lipinski definition) is 3. The quantitative estimate of drug-likeness (QED) is 0.285. The number of carbonyl (C=O) groups excluding carboxylic acids is 1. The minimum atomic E-state index is -0.127. The van der Waals surface area contributed by atoms with Crippen molar-refractivity contribution in [3.05, 3.63) is 12.2 Å². The summed E-state index contributed by atoms with van der Waals surface area (Å²) in [6, 6.07) is 0. The van der Waals surface area contributed by atoms with E-state index in [0.29, 0.717) is 6.42 Å². The summed E-state index contributed by atoms with van der Waals surface area (Å²) in [5.41, 5.74) is 0. The van der Waals surface area contributed by atoms with Crippen LogP contribution in [0.15, 0.2) is 12.2 Å². The highest BCUT2D eigenvalue weighted by Crippen LogP contribution is 2.09. The molecular formula is C16H30O3. The number of ether oxygens (including phenoxy) is 2. The number of allylic oxidation sites excluding steroid dienone is 2. The molecular weight excluding hydrogens is 240 g/mol. The van der Waals surface area contributed by atoms with E-state index in [1.807, 2.05) is 0 Å². The zero-order chi connectivity index (χ0) is 14.2. The molecule has 0 saturated carbocycles. The van der Waals surface area contributed by atoms with Gasteiger partial charge in [-0.1, -0.05) is 44.3 Å². The second kappa shape index (κ2) is 15.2. The highest BCUT2D eigenvalue weighted by Gasteiger charge is 1.95. The molecule has 0 bridgehead atoms. The van der Waals surface area contributed by atoms with Crippen molar-refractivity contribution in [2.75, 3.05) is 20.8 Å². The molecule has 3 nitrogen and oxygen atoms in total. The summed E-state index contributed by atoms with van der Waals surface area (Å²) >= 11 is 0. The van der Waals surface area contributed by atoms with Crippen LogP contribution in [0.4, 0.5) is 0 Å². The molecule has 0 amide bonds. The molecule has 0 radical (unpaired) electrons. The Hall–Kier alpha value is -0.830. The molecule has 0 heterocycles. The Labute approximate surface area is 118 Å². The van der Waals surface area contributed by atoms with Gasteiger partial charge in [0, 0.05) is 20.1 Å². The molecule has 19 heavy (non-hydrogen) atoms. The first-order chi connectivity index (χ1) is 9.31. The molecule has 0 atom stereocenters. The smallest absolute Gasteiger partial charge is 0.305 e. The SMILES string of the molecule is COCCCCCCCCC/C=C/CCC(=O)OC. The fourth-order valence-corrected chi connectivity index (χ4v) is 1.93. The van der Waals surface area contributed by atoms with Crippen LogP contribution in [-0.4, -0.2) is 26.8 Å². The molecule has 0 aliphatic heterocycles. The number of carbonyl (C=O) groups is 1. The Morgan fingerprint density at radius 1 is 0.842 bits per heavy atom. The van der Waals surface area contributed by atoms with Gasteiger partial charge in [-0.05, 0) is 25.7 Å². The Bertz CT molecular complexity index is 224. The first-order valence-electron chi connectivity index (χ1n) is 7.52. The average molecular weight is 270 g/mol. The lowest BCUT2D eigenvalue weighted by molar-refractivity contribution is -0.140. The van der Waals surface area contributed by atoms with Crippen LogP contribution in [0.5, 0.6) is 0 Å². The molecule has 0 spiro atoms. The van der Waals surface area contributed by atoms with E-state index in [4.69, 9.17) is 4.74 Å². The van der Waals surface area contributed by atoms with E-state index < -0.39 is 0 Å². The van der Waals surface area contributed by atoms with E-state index in [-0.39, 0.29) is 5.97 Å². The standard InChI is InChI=1S/C16H30O3/c1-18-15-13-11-9-7-5-3-4-6-8-10-12-14-16(17)19-2/h8,10H,3-7,9,11-15H2,1-2H3/b10-8+. The first kappa shape index (κ1) is 18.2. The third kappa shape index (κ3) is 15.1. The molecule has 0 aromatic heterocycles. The minimum Gasteiger partial charge on any atom is -0.469 e. The number of unbranched alkanes of at least 4 members (excludes halogenated alkanes) is 7. The van der Waals surface area contributed by atoms with Crippen molar-refractivity contribution in [3.63, 3.8) is 0 Å². The molecule has 0 saturated heterocycles. The van der Waals surface area contributed by atoms with Gasteiger partial charge in [-0.15, -0.1) is 0 Å². The molecule has 0 aromatic rings. The topological polar surface area (TPSA) is 35.5 Å². The maximum Gasteiger partial charge on any atom is 0.305 e. The molecule has 0 aliphatic carbocycles. The van der Waals surface area contributed by atoms with Gasteiger partial charge in [-0.2, -0.15) is 0 Å². The van der Waals surface area contributed by atoms with Crippen molar-refractivity contribution in [2.24, 2.45) is 0 Å². The van der Waals surface area contributed by atoms with Crippen molar-refractivity contribution in [1.29, 1.82) is 0 Å². The lowest BCUT2D eigenvalue weighted by atomic mass is 10.1. The normalized spacial score (nSPS) is 11.1. The van der Waals surface area contributed by atoms with Crippen LogP contribution in [0.2, 0.25) is 0 Å². The van der Waals surface area contributed by atoms with Crippen LogP contribution < -0.4 is 0 Å². The summed E-state index contributed by atoms with van der Waals surface area (Å²) in [6.07, 6.45) is 15.8. The summed E-state index contributed by atoms with van der Waals surface area (Å²) in [4.78, 5) is 10.8. The van der Waals surface area contributed by atoms with E-state index in [2.05, 4.69) is 16.9 Å². The van der Waals surface area contributed by atoms with E-state index >= 15 is 0 Å². The largest absolute Gasteiger partial charge is 0.469 e. The minimum absolute atomic E-state index is 0.127. The van der Waals surface area contributed by atoms with Gasteiger partial charge in [0.05, 0.1) is 7.11 Å². The van der Waals surface area contributed by atoms with Crippen LogP contribution >= 0.6 is 0 Å². The van der Waals surface area contributed by atoms with Crippen molar-refractivity contribution in [2.45, 2.75) is 64.2 Å². The summed E-state index contributed by atoms with van der Waals surface area (Å²) in [7, 11) is 3.19. The third-order valence-corrected chi connectivity index (χ3v) is 3.13.